The number of ether oxygens (including phenoxy) is 1. The maximum atomic E-state index is 12.5. The van der Waals surface area contributed by atoms with E-state index in [-0.39, 0.29) is 5.92 Å². The average Bonchev–Trinajstić information content (AvgIpc) is 3.23. The zero-order valence-electron chi connectivity index (χ0n) is 14.8. The zero-order chi connectivity index (χ0) is 17.1. The van der Waals surface area contributed by atoms with Gasteiger partial charge in [-0.25, -0.2) is 0 Å². The molecule has 1 aromatic heterocycles. The maximum Gasteiger partial charge on any atom is 0.225 e. The Kier molecular flexibility index (Phi) is 5.01. The van der Waals surface area contributed by atoms with Crippen molar-refractivity contribution in [1.29, 1.82) is 0 Å². The van der Waals surface area contributed by atoms with Crippen LogP contribution in [0.25, 0.3) is 0 Å². The van der Waals surface area contributed by atoms with Crippen LogP contribution in [0.15, 0.2) is 12.1 Å². The number of anilines is 2. The van der Waals surface area contributed by atoms with E-state index in [1.807, 2.05) is 0 Å². The number of rotatable bonds is 3. The lowest BCUT2D eigenvalue weighted by atomic mass is 9.95. The number of amides is 1. The van der Waals surface area contributed by atoms with E-state index in [4.69, 9.17) is 4.74 Å². The van der Waals surface area contributed by atoms with Crippen molar-refractivity contribution in [2.45, 2.75) is 25.7 Å². The molecule has 4 heterocycles. The molecule has 3 fully saturated rings. The van der Waals surface area contributed by atoms with E-state index in [0.717, 1.165) is 89.8 Å². The van der Waals surface area contributed by atoms with E-state index in [0.29, 0.717) is 5.91 Å². The van der Waals surface area contributed by atoms with E-state index < -0.39 is 0 Å². The Morgan fingerprint density at radius 2 is 1.44 bits per heavy atom. The van der Waals surface area contributed by atoms with Crippen LogP contribution in [-0.4, -0.2) is 73.5 Å². The predicted octanol–water partition coefficient (Wildman–Crippen LogP) is 1.15. The number of likely N-dealkylation sites (tertiary alicyclic amines) is 1. The van der Waals surface area contributed by atoms with E-state index >= 15 is 0 Å². The molecule has 3 aliphatic heterocycles. The molecule has 4 rings (SSSR count). The first-order valence-electron chi connectivity index (χ1n) is 9.51. The molecule has 3 aliphatic rings. The molecule has 3 saturated heterocycles. The van der Waals surface area contributed by atoms with Gasteiger partial charge in [-0.15, -0.1) is 10.2 Å². The lowest BCUT2D eigenvalue weighted by molar-refractivity contribution is -0.135. The van der Waals surface area contributed by atoms with Crippen LogP contribution in [0.5, 0.6) is 0 Å². The molecule has 1 aromatic rings. The summed E-state index contributed by atoms with van der Waals surface area (Å²) in [6.07, 6.45) is 4.16. The second-order valence-corrected chi connectivity index (χ2v) is 7.14. The zero-order valence-corrected chi connectivity index (χ0v) is 14.8. The van der Waals surface area contributed by atoms with Crippen LogP contribution >= 0.6 is 0 Å². The predicted molar refractivity (Wildman–Crippen MR) is 95.8 cm³/mol. The normalized spacial score (nSPS) is 22.5. The molecule has 0 bridgehead atoms. The third-order valence-corrected chi connectivity index (χ3v) is 5.56. The number of hydrogen-bond acceptors (Lipinski definition) is 6. The summed E-state index contributed by atoms with van der Waals surface area (Å²) in [5, 5.41) is 8.82. The number of aromatic nitrogens is 2. The molecule has 7 heteroatoms. The largest absolute Gasteiger partial charge is 0.378 e. The van der Waals surface area contributed by atoms with Gasteiger partial charge < -0.3 is 19.4 Å². The molecule has 0 unspecified atom stereocenters. The highest BCUT2D eigenvalue weighted by Gasteiger charge is 2.30. The van der Waals surface area contributed by atoms with Crippen molar-refractivity contribution in [3.63, 3.8) is 0 Å². The number of morpholine rings is 1. The van der Waals surface area contributed by atoms with Gasteiger partial charge in [0.25, 0.3) is 0 Å². The molecule has 1 amide bonds. The molecule has 0 N–H and O–H groups in total. The summed E-state index contributed by atoms with van der Waals surface area (Å²) in [7, 11) is 0. The summed E-state index contributed by atoms with van der Waals surface area (Å²) in [4.78, 5) is 19.0. The number of nitrogens with zero attached hydrogens (tertiary/aromatic N) is 5. The van der Waals surface area contributed by atoms with Crippen molar-refractivity contribution >= 4 is 17.5 Å². The maximum absolute atomic E-state index is 12.5. The van der Waals surface area contributed by atoms with Crippen LogP contribution in [0.2, 0.25) is 0 Å². The lowest BCUT2D eigenvalue weighted by Gasteiger charge is -2.34. The Labute approximate surface area is 148 Å². The number of hydrogen-bond donors (Lipinski definition) is 0. The minimum absolute atomic E-state index is 0.190. The quantitative estimate of drug-likeness (QED) is 0.819. The van der Waals surface area contributed by atoms with Gasteiger partial charge in [-0.1, -0.05) is 0 Å². The molecule has 25 heavy (non-hydrogen) atoms. The van der Waals surface area contributed by atoms with Crippen LogP contribution < -0.4 is 9.80 Å². The van der Waals surface area contributed by atoms with Crippen LogP contribution in [0.3, 0.4) is 0 Å². The first-order chi connectivity index (χ1) is 12.3. The summed E-state index contributed by atoms with van der Waals surface area (Å²) in [5.74, 6) is 2.40. The molecular weight excluding hydrogens is 318 g/mol. The highest BCUT2D eigenvalue weighted by Crippen LogP contribution is 2.25. The Morgan fingerprint density at radius 3 is 2.00 bits per heavy atom. The molecule has 0 radical (unpaired) electrons. The van der Waals surface area contributed by atoms with Gasteiger partial charge in [-0.2, -0.15) is 0 Å². The molecule has 0 aromatic carbocycles. The minimum atomic E-state index is 0.190. The topological polar surface area (TPSA) is 61.8 Å². The second kappa shape index (κ2) is 7.56. The van der Waals surface area contributed by atoms with Crippen molar-refractivity contribution in [2.24, 2.45) is 5.92 Å². The van der Waals surface area contributed by atoms with Gasteiger partial charge in [0.2, 0.25) is 5.91 Å². The molecule has 7 nitrogen and oxygen atoms in total. The minimum Gasteiger partial charge on any atom is -0.378 e. The third kappa shape index (κ3) is 3.71. The van der Waals surface area contributed by atoms with Gasteiger partial charge >= 0.3 is 0 Å². The number of piperidine rings is 1. The van der Waals surface area contributed by atoms with E-state index in [9.17, 15) is 4.79 Å². The molecular formula is C18H27N5O2. The molecule has 0 atom stereocenters. The van der Waals surface area contributed by atoms with Crippen LogP contribution in [-0.2, 0) is 9.53 Å². The van der Waals surface area contributed by atoms with Crippen molar-refractivity contribution < 1.29 is 9.53 Å². The molecule has 136 valence electrons. The van der Waals surface area contributed by atoms with Gasteiger partial charge in [0.15, 0.2) is 11.6 Å². The Balaban J connectivity index is 1.32. The van der Waals surface area contributed by atoms with Gasteiger partial charge in [0.1, 0.15) is 0 Å². The first kappa shape index (κ1) is 16.6. The van der Waals surface area contributed by atoms with Crippen molar-refractivity contribution in [2.75, 3.05) is 62.3 Å². The Hall–Kier alpha value is -1.89. The highest BCUT2D eigenvalue weighted by atomic mass is 16.5. The molecule has 0 saturated carbocycles. The standard InChI is InChI=1S/C18H27N5O2/c24-18(23-7-1-2-8-23)15-5-9-21(10-6-15)16-3-4-17(20-19-16)22-11-13-25-14-12-22/h3-4,15H,1-2,5-14H2. The lowest BCUT2D eigenvalue weighted by Crippen LogP contribution is -2.42. The fourth-order valence-electron chi connectivity index (χ4n) is 4.00. The average molecular weight is 345 g/mol. The summed E-state index contributed by atoms with van der Waals surface area (Å²) in [6.45, 7) is 6.92. The van der Waals surface area contributed by atoms with Gasteiger partial charge in [0, 0.05) is 45.2 Å². The van der Waals surface area contributed by atoms with Crippen LogP contribution in [0.4, 0.5) is 11.6 Å². The van der Waals surface area contributed by atoms with E-state index in [1.54, 1.807) is 0 Å². The van der Waals surface area contributed by atoms with Crippen LogP contribution in [0.1, 0.15) is 25.7 Å². The second-order valence-electron chi connectivity index (χ2n) is 7.14. The first-order valence-corrected chi connectivity index (χ1v) is 9.51. The SMILES string of the molecule is O=C(C1CCN(c2ccc(N3CCOCC3)nn2)CC1)N1CCCC1. The number of carbonyl (C=O) groups excluding carboxylic acids is 1. The van der Waals surface area contributed by atoms with Crippen molar-refractivity contribution in [1.82, 2.24) is 15.1 Å². The highest BCUT2D eigenvalue weighted by molar-refractivity contribution is 5.79. The smallest absolute Gasteiger partial charge is 0.225 e. The molecule has 0 spiro atoms. The molecule has 0 aliphatic carbocycles. The van der Waals surface area contributed by atoms with E-state index in [2.05, 4.69) is 37.0 Å². The summed E-state index contributed by atoms with van der Waals surface area (Å²) < 4.78 is 5.38. The van der Waals surface area contributed by atoms with Gasteiger partial charge in [0.05, 0.1) is 13.2 Å². The monoisotopic (exact) mass is 345 g/mol. The Bertz CT molecular complexity index is 574. The van der Waals surface area contributed by atoms with Crippen molar-refractivity contribution in [3.05, 3.63) is 12.1 Å². The van der Waals surface area contributed by atoms with Gasteiger partial charge in [-0.3, -0.25) is 4.79 Å². The third-order valence-electron chi connectivity index (χ3n) is 5.56. The van der Waals surface area contributed by atoms with Crippen molar-refractivity contribution in [3.8, 4) is 0 Å². The summed E-state index contributed by atoms with van der Waals surface area (Å²) >= 11 is 0. The van der Waals surface area contributed by atoms with E-state index in [1.165, 1.54) is 0 Å². The van der Waals surface area contributed by atoms with Gasteiger partial charge in [-0.05, 0) is 37.8 Å². The summed E-state index contributed by atoms with van der Waals surface area (Å²) in [6, 6.07) is 4.11. The Morgan fingerprint density at radius 1 is 0.880 bits per heavy atom. The fraction of sp³-hybridized carbons (Fsp3) is 0.722. The fourth-order valence-corrected chi connectivity index (χ4v) is 4.00. The summed E-state index contributed by atoms with van der Waals surface area (Å²) in [5.41, 5.74) is 0. The van der Waals surface area contributed by atoms with Crippen LogP contribution in [0, 0.1) is 5.92 Å². The number of carbonyl (C=O) groups is 1.